The van der Waals surface area contributed by atoms with Gasteiger partial charge in [0.05, 0.1) is 0 Å². The van der Waals surface area contributed by atoms with E-state index in [1.807, 2.05) is 32.9 Å². The Morgan fingerprint density at radius 1 is 1.23 bits per heavy atom. The van der Waals surface area contributed by atoms with Crippen LogP contribution in [0.3, 0.4) is 0 Å². The van der Waals surface area contributed by atoms with Crippen molar-refractivity contribution in [3.63, 3.8) is 0 Å². The highest BCUT2D eigenvalue weighted by Gasteiger charge is 2.22. The fraction of sp³-hybridized carbons (Fsp3) is 0.278. The molecule has 0 aromatic heterocycles. The van der Waals surface area contributed by atoms with Crippen LogP contribution in [0, 0.1) is 12.7 Å². The smallest absolute Gasteiger partial charge is 0.251 e. The van der Waals surface area contributed by atoms with Gasteiger partial charge in [0, 0.05) is 23.2 Å². The summed E-state index contributed by atoms with van der Waals surface area (Å²) in [5.74, 6) is -0.446. The Labute approximate surface area is 130 Å². The van der Waals surface area contributed by atoms with E-state index in [4.69, 9.17) is 5.73 Å². The van der Waals surface area contributed by atoms with Gasteiger partial charge in [0.25, 0.3) is 5.91 Å². The van der Waals surface area contributed by atoms with Crippen LogP contribution in [-0.2, 0) is 5.41 Å². The second-order valence-electron chi connectivity index (χ2n) is 6.15. The molecule has 1 amide bonds. The second-order valence-corrected chi connectivity index (χ2v) is 6.15. The van der Waals surface area contributed by atoms with Gasteiger partial charge in [-0.2, -0.15) is 0 Å². The summed E-state index contributed by atoms with van der Waals surface area (Å²) in [6.45, 7) is 6.21. The van der Waals surface area contributed by atoms with E-state index in [2.05, 4.69) is 5.32 Å². The lowest BCUT2D eigenvalue weighted by Crippen LogP contribution is -2.37. The van der Waals surface area contributed by atoms with E-state index < -0.39 is 0 Å². The Morgan fingerprint density at radius 3 is 2.64 bits per heavy atom. The number of halogens is 1. The molecule has 116 valence electrons. The first-order valence-corrected chi connectivity index (χ1v) is 7.20. The molecular weight excluding hydrogens is 279 g/mol. The second kappa shape index (κ2) is 6.18. The molecule has 3 N–H and O–H groups in total. The molecule has 0 aliphatic rings. The minimum Gasteiger partial charge on any atom is -0.399 e. The van der Waals surface area contributed by atoms with Crippen LogP contribution in [0.5, 0.6) is 0 Å². The quantitative estimate of drug-likeness (QED) is 0.850. The van der Waals surface area contributed by atoms with Crippen molar-refractivity contribution in [3.05, 3.63) is 65.0 Å². The Hall–Kier alpha value is -2.36. The Balaban J connectivity index is 2.11. The van der Waals surface area contributed by atoms with Gasteiger partial charge in [-0.3, -0.25) is 4.79 Å². The molecule has 2 aromatic rings. The van der Waals surface area contributed by atoms with Crippen LogP contribution in [0.1, 0.15) is 35.3 Å². The topological polar surface area (TPSA) is 55.1 Å². The Bertz CT molecular complexity index is 695. The van der Waals surface area contributed by atoms with Crippen LogP contribution in [0.25, 0.3) is 0 Å². The minimum absolute atomic E-state index is 0.172. The van der Waals surface area contributed by atoms with Crippen molar-refractivity contribution in [1.29, 1.82) is 0 Å². The average Bonchev–Trinajstić information content (AvgIpc) is 2.47. The summed E-state index contributed by atoms with van der Waals surface area (Å²) in [6.07, 6.45) is 0. The first kappa shape index (κ1) is 16.0. The molecule has 2 aromatic carbocycles. The van der Waals surface area contributed by atoms with Crippen molar-refractivity contribution in [1.82, 2.24) is 5.32 Å². The maximum absolute atomic E-state index is 13.4. The van der Waals surface area contributed by atoms with Gasteiger partial charge in [-0.25, -0.2) is 4.39 Å². The van der Waals surface area contributed by atoms with Crippen molar-refractivity contribution in [2.45, 2.75) is 26.2 Å². The molecule has 0 bridgehead atoms. The standard InChI is InChI=1S/C18H21FN2O/c1-12-7-8-15(20)10-16(12)17(22)21-11-18(2,3)13-5-4-6-14(19)9-13/h4-10H,11,20H2,1-3H3,(H,21,22). The highest BCUT2D eigenvalue weighted by molar-refractivity contribution is 5.96. The minimum atomic E-state index is -0.369. The molecule has 0 fully saturated rings. The molecule has 2 rings (SSSR count). The molecule has 3 nitrogen and oxygen atoms in total. The number of benzene rings is 2. The molecule has 22 heavy (non-hydrogen) atoms. The number of hydrogen-bond acceptors (Lipinski definition) is 2. The number of aryl methyl sites for hydroxylation is 1. The Kier molecular flexibility index (Phi) is 4.50. The van der Waals surface area contributed by atoms with Crippen LogP contribution in [-0.4, -0.2) is 12.5 Å². The predicted octanol–water partition coefficient (Wildman–Crippen LogP) is 3.42. The summed E-state index contributed by atoms with van der Waals surface area (Å²) in [4.78, 5) is 12.3. The molecule has 0 saturated heterocycles. The third-order valence-electron chi connectivity index (χ3n) is 3.80. The van der Waals surface area contributed by atoms with E-state index in [-0.39, 0.29) is 17.1 Å². The summed E-state index contributed by atoms with van der Waals surface area (Å²) in [7, 11) is 0. The van der Waals surface area contributed by atoms with Crippen molar-refractivity contribution >= 4 is 11.6 Å². The zero-order chi connectivity index (χ0) is 16.3. The van der Waals surface area contributed by atoms with Crippen molar-refractivity contribution < 1.29 is 9.18 Å². The normalized spacial score (nSPS) is 11.3. The molecule has 0 aliphatic heterocycles. The number of amides is 1. The zero-order valence-electron chi connectivity index (χ0n) is 13.1. The molecule has 0 atom stereocenters. The van der Waals surface area contributed by atoms with Gasteiger partial charge in [0.1, 0.15) is 5.82 Å². The van der Waals surface area contributed by atoms with E-state index in [0.717, 1.165) is 11.1 Å². The zero-order valence-corrected chi connectivity index (χ0v) is 13.1. The third kappa shape index (κ3) is 3.64. The van der Waals surface area contributed by atoms with Crippen molar-refractivity contribution in [2.75, 3.05) is 12.3 Å². The number of carbonyl (C=O) groups is 1. The van der Waals surface area contributed by atoms with Gasteiger partial charge in [0.15, 0.2) is 0 Å². The lowest BCUT2D eigenvalue weighted by atomic mass is 9.84. The Morgan fingerprint density at radius 2 is 1.95 bits per heavy atom. The van der Waals surface area contributed by atoms with Crippen LogP contribution >= 0.6 is 0 Å². The van der Waals surface area contributed by atoms with Gasteiger partial charge < -0.3 is 11.1 Å². The lowest BCUT2D eigenvalue weighted by Gasteiger charge is -2.26. The first-order valence-electron chi connectivity index (χ1n) is 7.20. The van der Waals surface area contributed by atoms with E-state index in [1.54, 1.807) is 18.2 Å². The maximum Gasteiger partial charge on any atom is 0.251 e. The third-order valence-corrected chi connectivity index (χ3v) is 3.80. The predicted molar refractivity (Wildman–Crippen MR) is 87.4 cm³/mol. The summed E-state index contributed by atoms with van der Waals surface area (Å²) < 4.78 is 13.4. The number of anilines is 1. The van der Waals surface area contributed by atoms with E-state index in [1.165, 1.54) is 12.1 Å². The molecular formula is C18H21FN2O. The molecule has 0 radical (unpaired) electrons. The summed E-state index contributed by atoms with van der Waals surface area (Å²) >= 11 is 0. The maximum atomic E-state index is 13.4. The highest BCUT2D eigenvalue weighted by atomic mass is 19.1. The van der Waals surface area contributed by atoms with Crippen LogP contribution in [0.2, 0.25) is 0 Å². The van der Waals surface area contributed by atoms with Crippen LogP contribution < -0.4 is 11.1 Å². The van der Waals surface area contributed by atoms with Crippen molar-refractivity contribution in [2.24, 2.45) is 0 Å². The molecule has 0 unspecified atom stereocenters. The molecule has 0 spiro atoms. The number of hydrogen-bond donors (Lipinski definition) is 2. The van der Waals surface area contributed by atoms with Gasteiger partial charge >= 0.3 is 0 Å². The molecule has 0 saturated carbocycles. The summed E-state index contributed by atoms with van der Waals surface area (Å²) in [5, 5.41) is 2.91. The van der Waals surface area contributed by atoms with Crippen LogP contribution in [0.15, 0.2) is 42.5 Å². The average molecular weight is 300 g/mol. The van der Waals surface area contributed by atoms with E-state index in [0.29, 0.717) is 17.8 Å². The van der Waals surface area contributed by atoms with Gasteiger partial charge in [-0.05, 0) is 42.3 Å². The number of carbonyl (C=O) groups excluding carboxylic acids is 1. The molecule has 0 heterocycles. The fourth-order valence-corrected chi connectivity index (χ4v) is 2.29. The van der Waals surface area contributed by atoms with Crippen LogP contribution in [0.4, 0.5) is 10.1 Å². The van der Waals surface area contributed by atoms with Gasteiger partial charge in [0.2, 0.25) is 0 Å². The van der Waals surface area contributed by atoms with Gasteiger partial charge in [-0.15, -0.1) is 0 Å². The molecule has 0 aliphatic carbocycles. The number of nitrogens with two attached hydrogens (primary N) is 1. The summed E-state index contributed by atoms with van der Waals surface area (Å²) in [5.41, 5.74) is 8.20. The number of rotatable bonds is 4. The SMILES string of the molecule is Cc1ccc(N)cc1C(=O)NCC(C)(C)c1cccc(F)c1. The van der Waals surface area contributed by atoms with Crippen molar-refractivity contribution in [3.8, 4) is 0 Å². The highest BCUT2D eigenvalue weighted by Crippen LogP contribution is 2.23. The summed E-state index contributed by atoms with van der Waals surface area (Å²) in [6, 6.07) is 11.7. The number of nitrogens with one attached hydrogen (secondary N) is 1. The van der Waals surface area contributed by atoms with Gasteiger partial charge in [-0.1, -0.05) is 32.0 Å². The monoisotopic (exact) mass is 300 g/mol. The van der Waals surface area contributed by atoms with E-state index in [9.17, 15) is 9.18 Å². The molecule has 4 heteroatoms. The largest absolute Gasteiger partial charge is 0.399 e. The number of nitrogen functional groups attached to an aromatic ring is 1. The lowest BCUT2D eigenvalue weighted by molar-refractivity contribution is 0.0945. The first-order chi connectivity index (χ1) is 10.3. The van der Waals surface area contributed by atoms with E-state index >= 15 is 0 Å². The fourth-order valence-electron chi connectivity index (χ4n) is 2.29.